The topological polar surface area (TPSA) is 58.4 Å². The van der Waals surface area contributed by atoms with Gasteiger partial charge >= 0.3 is 5.97 Å². The Bertz CT molecular complexity index is 702. The minimum absolute atomic E-state index is 0.244. The van der Waals surface area contributed by atoms with E-state index in [1.807, 2.05) is 12.2 Å². The molecule has 0 atom stereocenters. The van der Waals surface area contributed by atoms with Crippen molar-refractivity contribution in [2.24, 2.45) is 0 Å². The van der Waals surface area contributed by atoms with Gasteiger partial charge in [-0.25, -0.2) is 9.18 Å². The van der Waals surface area contributed by atoms with Crippen molar-refractivity contribution in [1.82, 2.24) is 14.7 Å². The first-order chi connectivity index (χ1) is 11.6. The highest BCUT2D eigenvalue weighted by Gasteiger charge is 2.43. The summed E-state index contributed by atoms with van der Waals surface area (Å²) in [6.45, 7) is 2.13. The number of carbonyl (C=O) groups is 1. The highest BCUT2D eigenvalue weighted by Crippen LogP contribution is 2.30. The summed E-state index contributed by atoms with van der Waals surface area (Å²) in [6.07, 6.45) is 8.35. The number of carboxylic acid groups (broad SMARTS) is 1. The van der Waals surface area contributed by atoms with Crippen LogP contribution in [0.2, 0.25) is 0 Å². The van der Waals surface area contributed by atoms with Crippen molar-refractivity contribution in [2.45, 2.75) is 18.4 Å². The third kappa shape index (κ3) is 3.38. The number of aliphatic carboxylic acids is 1. The summed E-state index contributed by atoms with van der Waals surface area (Å²) < 4.78 is 14.4. The maximum absolute atomic E-state index is 12.9. The molecule has 0 amide bonds. The van der Waals surface area contributed by atoms with Crippen LogP contribution in [0.5, 0.6) is 0 Å². The Hall–Kier alpha value is -2.47. The molecule has 5 nitrogen and oxygen atoms in total. The molecule has 2 heterocycles. The van der Waals surface area contributed by atoms with Crippen LogP contribution in [0.3, 0.4) is 0 Å². The molecule has 24 heavy (non-hydrogen) atoms. The van der Waals surface area contributed by atoms with E-state index in [9.17, 15) is 14.3 Å². The van der Waals surface area contributed by atoms with E-state index >= 15 is 0 Å². The van der Waals surface area contributed by atoms with Gasteiger partial charge in [-0.1, -0.05) is 24.3 Å². The van der Waals surface area contributed by atoms with E-state index in [2.05, 4.69) is 10.00 Å². The Morgan fingerprint density at radius 3 is 2.58 bits per heavy atom. The molecule has 126 valence electrons. The molecule has 1 saturated heterocycles. The molecule has 0 radical (unpaired) electrons. The fraction of sp³-hybridized carbons (Fsp3) is 0.333. The molecule has 1 N–H and O–H groups in total. The predicted octanol–water partition coefficient (Wildman–Crippen LogP) is 2.61. The summed E-state index contributed by atoms with van der Waals surface area (Å²) in [4.78, 5) is 14.0. The van der Waals surface area contributed by atoms with Gasteiger partial charge in [0.25, 0.3) is 0 Å². The van der Waals surface area contributed by atoms with Crippen LogP contribution in [0, 0.1) is 5.82 Å². The van der Waals surface area contributed by atoms with Crippen LogP contribution in [-0.4, -0.2) is 45.4 Å². The summed E-state index contributed by atoms with van der Waals surface area (Å²) in [5.74, 6) is -1.07. The minimum atomic E-state index is -0.944. The summed E-state index contributed by atoms with van der Waals surface area (Å²) >= 11 is 0. The molecule has 1 aliphatic heterocycles. The number of nitrogens with zero attached hydrogens (tertiary/aromatic N) is 3. The van der Waals surface area contributed by atoms with Gasteiger partial charge in [0.1, 0.15) is 5.82 Å². The Labute approximate surface area is 140 Å². The highest BCUT2D eigenvalue weighted by molar-refractivity contribution is 5.76. The zero-order chi connectivity index (χ0) is 17.0. The smallest absolute Gasteiger partial charge is 0.331 e. The average molecular weight is 329 g/mol. The second kappa shape index (κ2) is 6.97. The lowest BCUT2D eigenvalue weighted by Crippen LogP contribution is -2.51. The first kappa shape index (κ1) is 16.4. The van der Waals surface area contributed by atoms with Gasteiger partial charge in [-0.05, 0) is 36.6 Å². The average Bonchev–Trinajstić information content (AvgIpc) is 3.12. The van der Waals surface area contributed by atoms with Crippen molar-refractivity contribution in [1.29, 1.82) is 0 Å². The number of hydrogen-bond donors (Lipinski definition) is 1. The number of halogens is 1. The number of aromatic nitrogens is 2. The van der Waals surface area contributed by atoms with Crippen LogP contribution >= 0.6 is 0 Å². The van der Waals surface area contributed by atoms with Crippen molar-refractivity contribution >= 4 is 12.0 Å². The van der Waals surface area contributed by atoms with Crippen LogP contribution in [0.15, 0.2) is 48.8 Å². The fourth-order valence-electron chi connectivity index (χ4n) is 3.08. The molecule has 1 aromatic heterocycles. The molecule has 0 aliphatic carbocycles. The number of hydrogen-bond acceptors (Lipinski definition) is 3. The SMILES string of the molecule is O=C(O)C1(n2cccn2)CCN(C/C=C/c2ccc(F)cc2)CC1. The zero-order valence-electron chi connectivity index (χ0n) is 13.3. The number of rotatable bonds is 5. The molecule has 2 aromatic rings. The molecule has 0 bridgehead atoms. The normalized spacial score (nSPS) is 18.0. The zero-order valence-corrected chi connectivity index (χ0v) is 13.3. The molecular formula is C18H20FN3O2. The molecule has 1 aliphatic rings. The van der Waals surface area contributed by atoms with Gasteiger partial charge in [-0.3, -0.25) is 9.58 Å². The van der Waals surface area contributed by atoms with Gasteiger partial charge in [-0.15, -0.1) is 0 Å². The fourth-order valence-corrected chi connectivity index (χ4v) is 3.08. The molecule has 0 spiro atoms. The van der Waals surface area contributed by atoms with Crippen LogP contribution in [0.4, 0.5) is 4.39 Å². The molecule has 1 fully saturated rings. The van der Waals surface area contributed by atoms with Gasteiger partial charge in [0, 0.05) is 32.0 Å². The van der Waals surface area contributed by atoms with Gasteiger partial charge in [-0.2, -0.15) is 5.10 Å². The molecule has 0 unspecified atom stereocenters. The third-order valence-electron chi connectivity index (χ3n) is 4.57. The van der Waals surface area contributed by atoms with E-state index in [0.717, 1.165) is 12.1 Å². The monoisotopic (exact) mass is 329 g/mol. The Balaban J connectivity index is 1.58. The van der Waals surface area contributed by atoms with Gasteiger partial charge in [0.2, 0.25) is 0 Å². The minimum Gasteiger partial charge on any atom is -0.479 e. The summed E-state index contributed by atoms with van der Waals surface area (Å²) in [7, 11) is 0. The standard InChI is InChI=1S/C18H20FN3O2/c19-16-6-4-15(5-7-16)3-1-11-21-13-8-18(9-14-21,17(23)24)22-12-2-10-20-22/h1-7,10,12H,8-9,11,13-14H2,(H,23,24)/b3-1+. The summed E-state index contributed by atoms with van der Waals surface area (Å²) in [6, 6.07) is 8.09. The van der Waals surface area contributed by atoms with E-state index in [1.165, 1.54) is 12.1 Å². The van der Waals surface area contributed by atoms with Gasteiger partial charge in [0.15, 0.2) is 5.54 Å². The second-order valence-electron chi connectivity index (χ2n) is 6.04. The maximum atomic E-state index is 12.9. The van der Waals surface area contributed by atoms with Gasteiger partial charge in [0.05, 0.1) is 0 Å². The first-order valence-electron chi connectivity index (χ1n) is 7.98. The highest BCUT2D eigenvalue weighted by atomic mass is 19.1. The Morgan fingerprint density at radius 2 is 2.00 bits per heavy atom. The van der Waals surface area contributed by atoms with Crippen molar-refractivity contribution in [2.75, 3.05) is 19.6 Å². The molecule has 0 saturated carbocycles. The van der Waals surface area contributed by atoms with E-state index < -0.39 is 11.5 Å². The second-order valence-corrected chi connectivity index (χ2v) is 6.04. The van der Waals surface area contributed by atoms with E-state index in [4.69, 9.17) is 0 Å². The van der Waals surface area contributed by atoms with Crippen molar-refractivity contribution in [3.05, 3.63) is 60.2 Å². The van der Waals surface area contributed by atoms with Crippen molar-refractivity contribution in [3.8, 4) is 0 Å². The molecule has 3 rings (SSSR count). The summed E-state index contributed by atoms with van der Waals surface area (Å²) in [5.41, 5.74) is 0.00514. The van der Waals surface area contributed by atoms with Crippen LogP contribution in [0.25, 0.3) is 6.08 Å². The maximum Gasteiger partial charge on any atom is 0.331 e. The first-order valence-corrected chi connectivity index (χ1v) is 7.98. The van der Waals surface area contributed by atoms with Crippen LogP contribution in [0.1, 0.15) is 18.4 Å². The lowest BCUT2D eigenvalue weighted by atomic mass is 9.87. The number of carboxylic acids is 1. The van der Waals surface area contributed by atoms with Crippen LogP contribution < -0.4 is 0 Å². The number of piperidine rings is 1. The lowest BCUT2D eigenvalue weighted by molar-refractivity contribution is -0.151. The molecule has 6 heteroatoms. The summed E-state index contributed by atoms with van der Waals surface area (Å²) in [5, 5.41) is 13.8. The van der Waals surface area contributed by atoms with Crippen molar-refractivity contribution in [3.63, 3.8) is 0 Å². The lowest BCUT2D eigenvalue weighted by Gasteiger charge is -2.38. The van der Waals surface area contributed by atoms with E-state index in [0.29, 0.717) is 25.9 Å². The largest absolute Gasteiger partial charge is 0.479 e. The molecular weight excluding hydrogens is 309 g/mol. The van der Waals surface area contributed by atoms with E-state index in [-0.39, 0.29) is 5.82 Å². The van der Waals surface area contributed by atoms with Crippen LogP contribution in [-0.2, 0) is 10.3 Å². The number of benzene rings is 1. The van der Waals surface area contributed by atoms with Gasteiger partial charge < -0.3 is 5.11 Å². The Kier molecular flexibility index (Phi) is 4.76. The number of likely N-dealkylation sites (tertiary alicyclic amines) is 1. The predicted molar refractivity (Wildman–Crippen MR) is 88.9 cm³/mol. The van der Waals surface area contributed by atoms with E-state index in [1.54, 1.807) is 35.3 Å². The Morgan fingerprint density at radius 1 is 1.29 bits per heavy atom. The molecule has 1 aromatic carbocycles. The quantitative estimate of drug-likeness (QED) is 0.916. The third-order valence-corrected chi connectivity index (χ3v) is 4.57. The van der Waals surface area contributed by atoms with Crippen molar-refractivity contribution < 1.29 is 14.3 Å².